The third-order valence-electron chi connectivity index (χ3n) is 2.45. The highest BCUT2D eigenvalue weighted by molar-refractivity contribution is 7.99. The molecule has 0 spiro atoms. The van der Waals surface area contributed by atoms with Crippen LogP contribution in [0.5, 0.6) is 0 Å². The molecule has 0 aliphatic carbocycles. The molecule has 4 nitrogen and oxygen atoms in total. The minimum atomic E-state index is -2.62. The predicted molar refractivity (Wildman–Crippen MR) is 68.3 cm³/mol. The van der Waals surface area contributed by atoms with Crippen LogP contribution in [0.25, 0.3) is 0 Å². The van der Waals surface area contributed by atoms with Gasteiger partial charge in [-0.1, -0.05) is 23.9 Å². The van der Waals surface area contributed by atoms with Gasteiger partial charge in [0.15, 0.2) is 0 Å². The lowest BCUT2D eigenvalue weighted by atomic mass is 9.92. The molecule has 0 aromatic heterocycles. The highest BCUT2D eigenvalue weighted by atomic mass is 32.2. The number of carbonyl (C=O) groups excluding carboxylic acids is 1. The first-order valence-corrected chi connectivity index (χ1v) is 6.22. The average molecular weight is 289 g/mol. The van der Waals surface area contributed by atoms with Crippen LogP contribution in [0.15, 0.2) is 29.2 Å². The normalized spacial score (nSPS) is 11.4. The second-order valence-corrected chi connectivity index (χ2v) is 5.29. The van der Waals surface area contributed by atoms with Crippen molar-refractivity contribution in [1.29, 1.82) is 0 Å². The summed E-state index contributed by atoms with van der Waals surface area (Å²) in [4.78, 5) is 22.9. The molecule has 0 bridgehead atoms. The van der Waals surface area contributed by atoms with Gasteiger partial charge in [-0.05, 0) is 26.0 Å². The van der Waals surface area contributed by atoms with Crippen LogP contribution in [0.3, 0.4) is 0 Å². The van der Waals surface area contributed by atoms with E-state index in [4.69, 9.17) is 5.11 Å². The van der Waals surface area contributed by atoms with Crippen LogP contribution in [0, 0.1) is 5.41 Å². The molecule has 0 fully saturated rings. The van der Waals surface area contributed by atoms with Crippen LogP contribution in [-0.4, -0.2) is 22.7 Å². The van der Waals surface area contributed by atoms with Gasteiger partial charge in [0.25, 0.3) is 5.76 Å². The standard InChI is InChI=1S/C12H13F2NO3S/c1-12(2,10(17)18)9(16)15-7-5-3-4-6-8(7)19-11(13)14/h3-6,11H,1-2H3,(H,15,16)(H,17,18). The number of carboxylic acids is 1. The van der Waals surface area contributed by atoms with E-state index >= 15 is 0 Å². The Kier molecular flexibility index (Phi) is 4.88. The topological polar surface area (TPSA) is 66.4 Å². The number of alkyl halides is 2. The summed E-state index contributed by atoms with van der Waals surface area (Å²) in [6.45, 7) is 2.49. The van der Waals surface area contributed by atoms with Gasteiger partial charge in [0.05, 0.1) is 5.69 Å². The molecule has 104 valence electrons. The number of aliphatic carboxylic acids is 1. The van der Waals surface area contributed by atoms with Crippen LogP contribution in [-0.2, 0) is 9.59 Å². The van der Waals surface area contributed by atoms with Crippen molar-refractivity contribution >= 4 is 29.3 Å². The van der Waals surface area contributed by atoms with E-state index in [1.54, 1.807) is 12.1 Å². The highest BCUT2D eigenvalue weighted by Crippen LogP contribution is 2.32. The minimum absolute atomic E-state index is 0.173. The third kappa shape index (κ3) is 3.92. The van der Waals surface area contributed by atoms with Gasteiger partial charge in [-0.2, -0.15) is 8.78 Å². The number of hydrogen-bond donors (Lipinski definition) is 2. The molecule has 1 rings (SSSR count). The second-order valence-electron chi connectivity index (χ2n) is 4.26. The van der Waals surface area contributed by atoms with E-state index in [9.17, 15) is 18.4 Å². The lowest BCUT2D eigenvalue weighted by Gasteiger charge is -2.19. The van der Waals surface area contributed by atoms with Gasteiger partial charge in [-0.25, -0.2) is 0 Å². The smallest absolute Gasteiger partial charge is 0.318 e. The van der Waals surface area contributed by atoms with Crippen molar-refractivity contribution in [3.8, 4) is 0 Å². The average Bonchev–Trinajstić information content (AvgIpc) is 2.30. The second kappa shape index (κ2) is 6.01. The number of benzene rings is 1. The largest absolute Gasteiger partial charge is 0.480 e. The van der Waals surface area contributed by atoms with Crippen molar-refractivity contribution in [2.75, 3.05) is 5.32 Å². The van der Waals surface area contributed by atoms with Crippen molar-refractivity contribution in [2.24, 2.45) is 5.41 Å². The summed E-state index contributed by atoms with van der Waals surface area (Å²) in [5.41, 5.74) is -1.46. The van der Waals surface area contributed by atoms with E-state index < -0.39 is 23.0 Å². The number of para-hydroxylation sites is 1. The first kappa shape index (κ1) is 15.4. The quantitative estimate of drug-likeness (QED) is 0.646. The Bertz CT molecular complexity index is 492. The fourth-order valence-electron chi connectivity index (χ4n) is 1.14. The zero-order valence-corrected chi connectivity index (χ0v) is 11.1. The number of anilines is 1. The Morgan fingerprint density at radius 1 is 1.32 bits per heavy atom. The lowest BCUT2D eigenvalue weighted by Crippen LogP contribution is -2.37. The van der Waals surface area contributed by atoms with Crippen LogP contribution < -0.4 is 5.32 Å². The van der Waals surface area contributed by atoms with Gasteiger partial charge >= 0.3 is 5.97 Å². The number of carbonyl (C=O) groups is 2. The lowest BCUT2D eigenvalue weighted by molar-refractivity contribution is -0.151. The molecule has 1 aromatic rings. The van der Waals surface area contributed by atoms with Gasteiger partial charge in [0.2, 0.25) is 5.91 Å². The Labute approximate surface area is 113 Å². The van der Waals surface area contributed by atoms with Gasteiger partial charge in [-0.15, -0.1) is 0 Å². The highest BCUT2D eigenvalue weighted by Gasteiger charge is 2.36. The first-order valence-electron chi connectivity index (χ1n) is 5.34. The van der Waals surface area contributed by atoms with Gasteiger partial charge in [0, 0.05) is 4.90 Å². The molecular weight excluding hydrogens is 276 g/mol. The maximum atomic E-state index is 12.4. The number of thioether (sulfide) groups is 1. The summed E-state index contributed by atoms with van der Waals surface area (Å²) < 4.78 is 24.7. The Hall–Kier alpha value is -1.63. The van der Waals surface area contributed by atoms with E-state index in [-0.39, 0.29) is 10.6 Å². The van der Waals surface area contributed by atoms with Crippen molar-refractivity contribution in [1.82, 2.24) is 0 Å². The molecule has 0 aliphatic rings. The van der Waals surface area contributed by atoms with Crippen LogP contribution in [0.2, 0.25) is 0 Å². The fourth-order valence-corrected chi connectivity index (χ4v) is 1.74. The Morgan fingerprint density at radius 3 is 2.42 bits per heavy atom. The van der Waals surface area contributed by atoms with Crippen molar-refractivity contribution in [3.05, 3.63) is 24.3 Å². The minimum Gasteiger partial charge on any atom is -0.480 e. The SMILES string of the molecule is CC(C)(C(=O)O)C(=O)Nc1ccccc1SC(F)F. The molecule has 0 aliphatic heterocycles. The van der Waals surface area contributed by atoms with Crippen molar-refractivity contribution in [3.63, 3.8) is 0 Å². The monoisotopic (exact) mass is 289 g/mol. The number of rotatable bonds is 5. The number of nitrogens with one attached hydrogen (secondary N) is 1. The van der Waals surface area contributed by atoms with Crippen LogP contribution in [0.1, 0.15) is 13.8 Å². The molecule has 0 saturated carbocycles. The summed E-state index contributed by atoms with van der Waals surface area (Å²) in [6.07, 6.45) is 0. The zero-order chi connectivity index (χ0) is 14.6. The summed E-state index contributed by atoms with van der Waals surface area (Å²) in [6, 6.07) is 6.00. The van der Waals surface area contributed by atoms with Crippen molar-refractivity contribution < 1.29 is 23.5 Å². The molecule has 7 heteroatoms. The van der Waals surface area contributed by atoms with E-state index in [0.29, 0.717) is 11.8 Å². The van der Waals surface area contributed by atoms with Gasteiger partial charge < -0.3 is 10.4 Å². The van der Waals surface area contributed by atoms with Crippen molar-refractivity contribution in [2.45, 2.75) is 24.5 Å². The molecule has 1 amide bonds. The van der Waals surface area contributed by atoms with E-state index in [1.807, 2.05) is 0 Å². The molecule has 19 heavy (non-hydrogen) atoms. The summed E-state index contributed by atoms with van der Waals surface area (Å²) in [5, 5.41) is 11.3. The first-order chi connectivity index (χ1) is 8.75. The maximum absolute atomic E-state index is 12.4. The summed E-state index contributed by atoms with van der Waals surface area (Å²) in [7, 11) is 0. The molecule has 0 radical (unpaired) electrons. The molecule has 0 saturated heterocycles. The molecule has 0 atom stereocenters. The van der Waals surface area contributed by atoms with E-state index in [0.717, 1.165) is 0 Å². The Morgan fingerprint density at radius 2 is 1.89 bits per heavy atom. The summed E-state index contributed by atoms with van der Waals surface area (Å²) in [5.74, 6) is -4.67. The van der Waals surface area contributed by atoms with Crippen LogP contribution >= 0.6 is 11.8 Å². The summed E-state index contributed by atoms with van der Waals surface area (Å²) >= 11 is 0.291. The number of carboxylic acid groups (broad SMARTS) is 1. The fraction of sp³-hybridized carbons (Fsp3) is 0.333. The van der Waals surface area contributed by atoms with E-state index in [1.165, 1.54) is 26.0 Å². The molecule has 1 aromatic carbocycles. The van der Waals surface area contributed by atoms with Gasteiger partial charge in [0.1, 0.15) is 5.41 Å². The maximum Gasteiger partial charge on any atom is 0.318 e. The third-order valence-corrected chi connectivity index (χ3v) is 3.24. The van der Waals surface area contributed by atoms with Gasteiger partial charge in [-0.3, -0.25) is 9.59 Å². The number of amides is 1. The number of halogens is 2. The van der Waals surface area contributed by atoms with E-state index in [2.05, 4.69) is 5.32 Å². The molecular formula is C12H13F2NO3S. The number of hydrogen-bond acceptors (Lipinski definition) is 3. The molecule has 2 N–H and O–H groups in total. The Balaban J connectivity index is 2.94. The molecule has 0 unspecified atom stereocenters. The predicted octanol–water partition coefficient (Wildman–Crippen LogP) is 3.05. The zero-order valence-electron chi connectivity index (χ0n) is 10.3. The van der Waals surface area contributed by atoms with Crippen LogP contribution in [0.4, 0.5) is 14.5 Å². The molecule has 0 heterocycles.